The molecule has 12 N–H and O–H groups in total. The summed E-state index contributed by atoms with van der Waals surface area (Å²) in [5, 5.41) is 86.0. The van der Waals surface area contributed by atoms with Crippen LogP contribution in [0.15, 0.2) is 0 Å². The molecule has 0 unspecified atom stereocenters. The Morgan fingerprint density at radius 3 is 0.294 bits per heavy atom. The van der Waals surface area contributed by atoms with E-state index < -0.39 is 29.3 Å². The molecule has 0 amide bonds. The van der Waals surface area contributed by atoms with Crippen molar-refractivity contribution >= 4 is 29.3 Å². The van der Waals surface area contributed by atoms with Crippen LogP contribution in [-0.4, -0.2) is 89.6 Å². The van der Waals surface area contributed by atoms with Crippen LogP contribution < -0.4 is 0 Å². The molecule has 0 spiro atoms. The van der Waals surface area contributed by atoms with Gasteiger partial charge in [-0.1, -0.05) is 0 Å². The van der Waals surface area contributed by atoms with Crippen molar-refractivity contribution in [3.05, 3.63) is 0 Å². The molecule has 0 aromatic rings. The van der Waals surface area contributed by atoms with Crippen LogP contribution in [0.4, 0.5) is 0 Å². The third-order valence-corrected chi connectivity index (χ3v) is 0. The minimum Gasteiger partial charge on any atom is -0.402 e. The number of hydrogen-bond donors (Lipinski definition) is 12. The molecule has 17 heteroatoms. The second-order valence-electron chi connectivity index (χ2n) is 1.39. The molecule has 0 saturated heterocycles. The summed E-state index contributed by atoms with van der Waals surface area (Å²) in [7, 11) is -8.67. The Labute approximate surface area is 112 Å². The fourth-order valence-corrected chi connectivity index (χ4v) is 0. The smallest absolute Gasteiger partial charge is 0.402 e. The third-order valence-electron chi connectivity index (χ3n) is 0. The normalized spacial score (nSPS) is 6.35. The molecule has 0 aromatic heterocycles. The number of hydrogen-bond acceptors (Lipinski definition) is 12. The number of rotatable bonds is 0. The van der Waals surface area contributed by atoms with Crippen molar-refractivity contribution in [2.75, 3.05) is 0 Å². The summed E-state index contributed by atoms with van der Waals surface area (Å²) in [6.07, 6.45) is 0. The van der Waals surface area contributed by atoms with Crippen molar-refractivity contribution in [2.24, 2.45) is 0 Å². The summed E-state index contributed by atoms with van der Waals surface area (Å²) in [6, 6.07) is 0. The first kappa shape index (κ1) is 30.5. The van der Waals surface area contributed by atoms with Crippen molar-refractivity contribution in [1.82, 2.24) is 0 Å². The Morgan fingerprint density at radius 2 is 0.294 bits per heavy atom. The first-order chi connectivity index (χ1) is 6.93. The Bertz CT molecular complexity index is 61.5. The van der Waals surface area contributed by atoms with Gasteiger partial charge in [0, 0.05) is 22.4 Å². The van der Waals surface area contributed by atoms with Crippen molar-refractivity contribution < 1.29 is 82.7 Å². The maximum Gasteiger partial charge on any atom is 0.631 e. The summed E-state index contributed by atoms with van der Waals surface area (Å²) in [6.45, 7) is 0. The van der Waals surface area contributed by atoms with Crippen LogP contribution in [0, 0.1) is 0 Å². The van der Waals surface area contributed by atoms with Gasteiger partial charge in [0.1, 0.15) is 0 Å². The largest absolute Gasteiger partial charge is 0.631 e. The molecule has 0 aliphatic heterocycles. The molecule has 1 radical (unpaired) electrons. The van der Waals surface area contributed by atoms with Crippen LogP contribution in [0.2, 0.25) is 0 Å². The quantitative estimate of drug-likeness (QED) is 0.184. The van der Waals surface area contributed by atoms with Gasteiger partial charge < -0.3 is 60.3 Å². The molecule has 101 valence electrons. The van der Waals surface area contributed by atoms with E-state index in [9.17, 15) is 0 Å². The zero-order chi connectivity index (χ0) is 14.3. The molecule has 0 heterocycles. The summed E-state index contributed by atoms with van der Waals surface area (Å²) in [5.74, 6) is 0. The van der Waals surface area contributed by atoms with Gasteiger partial charge in [0.05, 0.1) is 0 Å². The Morgan fingerprint density at radius 1 is 0.294 bits per heavy atom. The van der Waals surface area contributed by atoms with Gasteiger partial charge in [0.25, 0.3) is 0 Å². The maximum atomic E-state index is 7.17. The molecule has 0 aromatic carbocycles. The van der Waals surface area contributed by atoms with Gasteiger partial charge in [-0.15, -0.1) is 0 Å². The van der Waals surface area contributed by atoms with E-state index in [1.165, 1.54) is 0 Å². The second-order valence-corrected chi connectivity index (χ2v) is 1.39. The molecular weight excluding hydrogens is 328 g/mol. The van der Waals surface area contributed by atoms with Crippen molar-refractivity contribution in [3.63, 3.8) is 0 Å². The Hall–Kier alpha value is 0.520. The summed E-state index contributed by atoms with van der Waals surface area (Å²) >= 11 is 0. The van der Waals surface area contributed by atoms with E-state index in [0.717, 1.165) is 0 Å². The average molecular weight is 340 g/mol. The molecule has 0 rings (SSSR count). The van der Waals surface area contributed by atoms with E-state index in [2.05, 4.69) is 0 Å². The van der Waals surface area contributed by atoms with Crippen molar-refractivity contribution in [2.45, 2.75) is 0 Å². The van der Waals surface area contributed by atoms with Gasteiger partial charge in [0.2, 0.25) is 0 Å². The zero-order valence-corrected chi connectivity index (χ0v) is 10.3. The minimum atomic E-state index is -2.17. The van der Waals surface area contributed by atoms with E-state index in [1.54, 1.807) is 0 Å². The van der Waals surface area contributed by atoms with Gasteiger partial charge in [0.15, 0.2) is 0 Å². The van der Waals surface area contributed by atoms with Crippen molar-refractivity contribution in [1.29, 1.82) is 0 Å². The molecule has 0 bridgehead atoms. The zero-order valence-electron chi connectivity index (χ0n) is 8.12. The Balaban J connectivity index is -0.0000000369. The summed E-state index contributed by atoms with van der Waals surface area (Å²) < 4.78 is 0. The predicted molar refractivity (Wildman–Crippen MR) is 49.6 cm³/mol. The van der Waals surface area contributed by atoms with Crippen LogP contribution >= 0.6 is 0 Å². The van der Waals surface area contributed by atoms with E-state index >= 15 is 0 Å². The molecular formula is H12B4NbO12. The molecule has 12 nitrogen and oxygen atoms in total. The second kappa shape index (κ2) is 25.4. The molecule has 0 atom stereocenters. The fourth-order valence-electron chi connectivity index (χ4n) is 0. The van der Waals surface area contributed by atoms with Crippen LogP contribution in [0.1, 0.15) is 0 Å². The summed E-state index contributed by atoms with van der Waals surface area (Å²) in [5.41, 5.74) is 0. The standard InChI is InChI=1S/4BH3O3.Nb/c4*2-1(3)4;/h4*2-4H;. The molecule has 0 saturated carbocycles. The van der Waals surface area contributed by atoms with Gasteiger partial charge in [-0.05, 0) is 0 Å². The first-order valence-corrected chi connectivity index (χ1v) is 3.10. The molecule has 0 fully saturated rings. The van der Waals surface area contributed by atoms with Gasteiger partial charge >= 0.3 is 29.3 Å². The minimum absolute atomic E-state index is 0. The monoisotopic (exact) mass is 341 g/mol. The van der Waals surface area contributed by atoms with E-state index in [-0.39, 0.29) is 22.4 Å². The molecule has 0 aliphatic rings. The topological polar surface area (TPSA) is 243 Å². The van der Waals surface area contributed by atoms with Gasteiger partial charge in [-0.25, -0.2) is 0 Å². The van der Waals surface area contributed by atoms with Crippen molar-refractivity contribution in [3.8, 4) is 0 Å². The van der Waals surface area contributed by atoms with Crippen LogP contribution in [0.5, 0.6) is 0 Å². The SMILES string of the molecule is OB(O)O.OB(O)O.OB(O)O.OB(O)O.[Nb]. The molecule has 17 heavy (non-hydrogen) atoms. The molecule has 0 aliphatic carbocycles. The fraction of sp³-hybridized carbons (Fsp3) is 0. The average Bonchev–Trinajstić information content (AvgIpc) is 1.76. The summed E-state index contributed by atoms with van der Waals surface area (Å²) in [4.78, 5) is 0. The van der Waals surface area contributed by atoms with Crippen LogP contribution in [0.25, 0.3) is 0 Å². The Kier molecular flexibility index (Phi) is 45.5. The van der Waals surface area contributed by atoms with Gasteiger partial charge in [-0.2, -0.15) is 0 Å². The third kappa shape index (κ3) is 12900. The van der Waals surface area contributed by atoms with Crippen LogP contribution in [-0.2, 0) is 22.4 Å². The predicted octanol–water partition coefficient (Wildman–Crippen LogP) is -8.21. The van der Waals surface area contributed by atoms with E-state index in [4.69, 9.17) is 60.3 Å². The van der Waals surface area contributed by atoms with E-state index in [0.29, 0.717) is 0 Å². The maximum absolute atomic E-state index is 7.17. The van der Waals surface area contributed by atoms with E-state index in [1.807, 2.05) is 0 Å². The first-order valence-electron chi connectivity index (χ1n) is 3.10. The van der Waals surface area contributed by atoms with Crippen LogP contribution in [0.3, 0.4) is 0 Å². The van der Waals surface area contributed by atoms with Gasteiger partial charge in [-0.3, -0.25) is 0 Å².